The number of fused-ring (bicyclic) bond motifs is 5. The highest BCUT2D eigenvalue weighted by Gasteiger charge is 2.70. The summed E-state index contributed by atoms with van der Waals surface area (Å²) in [5.74, 6) is 0.453. The van der Waals surface area contributed by atoms with Gasteiger partial charge >= 0.3 is 11.7 Å². The van der Waals surface area contributed by atoms with Gasteiger partial charge in [0.15, 0.2) is 0 Å². The lowest BCUT2D eigenvalue weighted by molar-refractivity contribution is -0.249. The standard InChI is InChI=1S/C27H39NO6/c1-4-28(23(30)31)18-7-11-24(2)20-8-12-25(3)19(17-5-6-22(29)34-16-17)10-14-27(25,33)21(20)9-13-26(24,32)15-18/h5-6,16,18-21,32-33H,4,7-15H2,1-3H3,(H,30,31)/t18-,19+,20-,21+,24+,25+,26-,27-/m0/s1. The molecule has 8 atom stereocenters. The smallest absolute Gasteiger partial charge is 0.407 e. The minimum Gasteiger partial charge on any atom is -0.465 e. The third-order valence-corrected chi connectivity index (χ3v) is 11.1. The van der Waals surface area contributed by atoms with E-state index in [9.17, 15) is 24.9 Å². The van der Waals surface area contributed by atoms with E-state index in [-0.39, 0.29) is 40.3 Å². The minimum absolute atomic E-state index is 0.107. The Hall–Kier alpha value is -1.86. The van der Waals surface area contributed by atoms with Crippen LogP contribution in [-0.4, -0.2) is 50.1 Å². The molecule has 4 fully saturated rings. The van der Waals surface area contributed by atoms with Crippen molar-refractivity contribution < 1.29 is 24.5 Å². The zero-order chi connectivity index (χ0) is 24.5. The molecule has 188 valence electrons. The number of aliphatic hydroxyl groups is 2. The second-order valence-electron chi connectivity index (χ2n) is 12.0. The van der Waals surface area contributed by atoms with Crippen molar-refractivity contribution in [3.63, 3.8) is 0 Å². The topological polar surface area (TPSA) is 111 Å². The number of rotatable bonds is 3. The van der Waals surface area contributed by atoms with Gasteiger partial charge in [0.2, 0.25) is 0 Å². The summed E-state index contributed by atoms with van der Waals surface area (Å²) in [4.78, 5) is 24.7. The van der Waals surface area contributed by atoms with E-state index in [0.717, 1.165) is 44.1 Å². The number of carbonyl (C=O) groups is 1. The molecular formula is C27H39NO6. The third kappa shape index (κ3) is 3.08. The summed E-state index contributed by atoms with van der Waals surface area (Å²) >= 11 is 0. The highest BCUT2D eigenvalue weighted by atomic mass is 16.4. The average molecular weight is 474 g/mol. The maximum Gasteiger partial charge on any atom is 0.407 e. The molecule has 0 aromatic carbocycles. The predicted molar refractivity (Wildman–Crippen MR) is 127 cm³/mol. The van der Waals surface area contributed by atoms with Crippen LogP contribution in [0.2, 0.25) is 0 Å². The molecule has 1 heterocycles. The fourth-order valence-electron chi connectivity index (χ4n) is 9.12. The molecule has 0 unspecified atom stereocenters. The highest BCUT2D eigenvalue weighted by molar-refractivity contribution is 5.65. The summed E-state index contributed by atoms with van der Waals surface area (Å²) in [6.45, 7) is 6.69. The van der Waals surface area contributed by atoms with Crippen LogP contribution >= 0.6 is 0 Å². The average Bonchev–Trinajstić information content (AvgIpc) is 3.06. The van der Waals surface area contributed by atoms with Gasteiger partial charge in [-0.15, -0.1) is 0 Å². The molecule has 34 heavy (non-hydrogen) atoms. The molecule has 0 saturated heterocycles. The van der Waals surface area contributed by atoms with E-state index in [2.05, 4.69) is 13.8 Å². The molecule has 0 bridgehead atoms. The van der Waals surface area contributed by atoms with Gasteiger partial charge in [-0.25, -0.2) is 9.59 Å². The van der Waals surface area contributed by atoms with Gasteiger partial charge in [-0.1, -0.05) is 13.8 Å². The Balaban J connectivity index is 1.44. The molecule has 4 aliphatic rings. The zero-order valence-electron chi connectivity index (χ0n) is 20.6. The van der Waals surface area contributed by atoms with E-state index in [0.29, 0.717) is 25.8 Å². The normalized spacial score (nSPS) is 45.7. The SMILES string of the molecule is CCN(C(=O)O)[C@H]1CC[C@]2(C)[C@H]3CC[C@]4(C)[C@@H](c5ccc(=O)oc5)CC[C@]4(O)[C@@H]3CC[C@]2(O)C1. The first-order valence-corrected chi connectivity index (χ1v) is 13.0. The van der Waals surface area contributed by atoms with Crippen LogP contribution in [0.1, 0.15) is 90.0 Å². The Kier molecular flexibility index (Phi) is 5.49. The van der Waals surface area contributed by atoms with E-state index in [4.69, 9.17) is 4.42 Å². The van der Waals surface area contributed by atoms with Gasteiger partial charge in [0.1, 0.15) is 0 Å². The van der Waals surface area contributed by atoms with Gasteiger partial charge in [0.25, 0.3) is 0 Å². The molecule has 0 aliphatic heterocycles. The Morgan fingerprint density at radius 2 is 1.74 bits per heavy atom. The molecule has 1 amide bonds. The van der Waals surface area contributed by atoms with Crippen LogP contribution in [0.25, 0.3) is 0 Å². The van der Waals surface area contributed by atoms with Crippen molar-refractivity contribution >= 4 is 6.09 Å². The van der Waals surface area contributed by atoms with Crippen LogP contribution in [0.15, 0.2) is 27.6 Å². The first kappa shape index (κ1) is 23.9. The molecular weight excluding hydrogens is 434 g/mol. The zero-order valence-corrected chi connectivity index (χ0v) is 20.6. The molecule has 7 heteroatoms. The Morgan fingerprint density at radius 3 is 2.38 bits per heavy atom. The number of nitrogens with zero attached hydrogens (tertiary/aromatic N) is 1. The molecule has 4 saturated carbocycles. The second-order valence-corrected chi connectivity index (χ2v) is 12.0. The molecule has 5 rings (SSSR count). The van der Waals surface area contributed by atoms with E-state index in [1.54, 1.807) is 6.26 Å². The first-order valence-electron chi connectivity index (χ1n) is 13.0. The molecule has 0 spiro atoms. The molecule has 0 radical (unpaired) electrons. The lowest BCUT2D eigenvalue weighted by Crippen LogP contribution is -2.68. The summed E-state index contributed by atoms with van der Waals surface area (Å²) in [5.41, 5.74) is -1.74. The van der Waals surface area contributed by atoms with Crippen molar-refractivity contribution in [1.29, 1.82) is 0 Å². The number of hydrogen-bond donors (Lipinski definition) is 3. The summed E-state index contributed by atoms with van der Waals surface area (Å²) in [7, 11) is 0. The van der Waals surface area contributed by atoms with Crippen LogP contribution in [0.3, 0.4) is 0 Å². The van der Waals surface area contributed by atoms with Gasteiger partial charge < -0.3 is 24.6 Å². The minimum atomic E-state index is -0.912. The number of hydrogen-bond acceptors (Lipinski definition) is 5. The largest absolute Gasteiger partial charge is 0.465 e. The van der Waals surface area contributed by atoms with Crippen molar-refractivity contribution in [2.75, 3.05) is 6.54 Å². The van der Waals surface area contributed by atoms with Crippen molar-refractivity contribution in [2.45, 2.75) is 102 Å². The van der Waals surface area contributed by atoms with Gasteiger partial charge in [-0.05, 0) is 99.5 Å². The lowest BCUT2D eigenvalue weighted by atomic mass is 9.41. The quantitative estimate of drug-likeness (QED) is 0.601. The second kappa shape index (κ2) is 7.82. The summed E-state index contributed by atoms with van der Waals surface area (Å²) < 4.78 is 5.17. The summed E-state index contributed by atoms with van der Waals surface area (Å²) in [6.07, 6.45) is 7.40. The molecule has 7 nitrogen and oxygen atoms in total. The molecule has 1 aromatic rings. The summed E-state index contributed by atoms with van der Waals surface area (Å²) in [5, 5.41) is 34.0. The number of amides is 1. The van der Waals surface area contributed by atoms with Crippen molar-refractivity contribution in [3.8, 4) is 0 Å². The molecule has 4 aliphatic carbocycles. The fraction of sp³-hybridized carbons (Fsp3) is 0.778. The van der Waals surface area contributed by atoms with Crippen molar-refractivity contribution in [2.24, 2.45) is 22.7 Å². The molecule has 3 N–H and O–H groups in total. The molecule has 1 aromatic heterocycles. The van der Waals surface area contributed by atoms with E-state index in [1.807, 2.05) is 13.0 Å². The van der Waals surface area contributed by atoms with E-state index < -0.39 is 17.3 Å². The number of carboxylic acid groups (broad SMARTS) is 1. The van der Waals surface area contributed by atoms with Crippen LogP contribution in [-0.2, 0) is 0 Å². The third-order valence-electron chi connectivity index (χ3n) is 11.1. The maximum absolute atomic E-state index is 12.3. The lowest BCUT2D eigenvalue weighted by Gasteiger charge is -2.66. The Labute approximate surface area is 201 Å². The Bertz CT molecular complexity index is 1000. The maximum atomic E-state index is 12.3. The van der Waals surface area contributed by atoms with Gasteiger partial charge in [0.05, 0.1) is 17.5 Å². The van der Waals surface area contributed by atoms with Crippen LogP contribution < -0.4 is 5.63 Å². The van der Waals surface area contributed by atoms with Crippen LogP contribution in [0.5, 0.6) is 0 Å². The van der Waals surface area contributed by atoms with Gasteiger partial charge in [-0.2, -0.15) is 0 Å². The van der Waals surface area contributed by atoms with Crippen molar-refractivity contribution in [1.82, 2.24) is 4.90 Å². The van der Waals surface area contributed by atoms with E-state index in [1.165, 1.54) is 11.0 Å². The summed E-state index contributed by atoms with van der Waals surface area (Å²) in [6, 6.07) is 3.17. The van der Waals surface area contributed by atoms with E-state index >= 15 is 0 Å². The Morgan fingerprint density at radius 1 is 1.03 bits per heavy atom. The fourth-order valence-corrected chi connectivity index (χ4v) is 9.12. The van der Waals surface area contributed by atoms with Gasteiger partial charge in [0, 0.05) is 24.1 Å². The monoisotopic (exact) mass is 473 g/mol. The van der Waals surface area contributed by atoms with Crippen LogP contribution in [0.4, 0.5) is 4.79 Å². The van der Waals surface area contributed by atoms with Crippen LogP contribution in [0, 0.1) is 22.7 Å². The van der Waals surface area contributed by atoms with Crippen molar-refractivity contribution in [3.05, 3.63) is 34.4 Å². The highest BCUT2D eigenvalue weighted by Crippen LogP contribution is 2.71. The predicted octanol–water partition coefficient (Wildman–Crippen LogP) is 4.36. The first-order chi connectivity index (χ1) is 16.0. The van der Waals surface area contributed by atoms with Gasteiger partial charge in [-0.3, -0.25) is 0 Å².